The Kier molecular flexibility index (Phi) is 22.8. The fourth-order valence-corrected chi connectivity index (χ4v) is 9.42. The third kappa shape index (κ3) is 15.8. The SMILES string of the molecule is CCC1=C(C)C2=NC1=CC1=C(C)C3=C(O)CC(=C4NC(=CC5=NC(=C2)C(CNC(COC(COCC(O)CO)COCC(O)CO)COC(COCC(O)CO)COCC(O)CO)=C5C)[C@@H](C)C4CCC(=O)O)C3=N1. The van der Waals surface area contributed by atoms with Crippen LogP contribution in [0.4, 0.5) is 0 Å². The Labute approximate surface area is 437 Å². The van der Waals surface area contributed by atoms with Crippen molar-refractivity contribution in [2.75, 3.05) is 99.0 Å². The highest BCUT2D eigenvalue weighted by atomic mass is 16.6. The van der Waals surface area contributed by atoms with Crippen molar-refractivity contribution >= 4 is 23.1 Å². The molecule has 8 bridgehead atoms. The molecule has 6 rings (SSSR count). The summed E-state index contributed by atoms with van der Waals surface area (Å²) in [6.45, 7) is 7.04. The van der Waals surface area contributed by atoms with E-state index in [1.165, 1.54) is 0 Å². The number of rotatable bonds is 33. The minimum atomic E-state index is -1.14. The molecule has 6 atom stereocenters. The largest absolute Gasteiger partial charge is 0.511 e. The number of aliphatic carboxylic acids is 1. The van der Waals surface area contributed by atoms with E-state index in [0.29, 0.717) is 46.9 Å². The summed E-state index contributed by atoms with van der Waals surface area (Å²) in [6.07, 6.45) is 1.05. The third-order valence-corrected chi connectivity index (χ3v) is 13.8. The van der Waals surface area contributed by atoms with E-state index in [9.17, 15) is 55.9 Å². The Balaban J connectivity index is 1.36. The molecule has 0 aromatic heterocycles. The first-order chi connectivity index (χ1) is 36.0. The second-order valence-corrected chi connectivity index (χ2v) is 19.5. The van der Waals surface area contributed by atoms with Crippen LogP contribution in [0.15, 0.2) is 106 Å². The van der Waals surface area contributed by atoms with Gasteiger partial charge >= 0.3 is 5.97 Å². The number of aliphatic hydroxyl groups excluding tert-OH is 9. The van der Waals surface area contributed by atoms with Crippen LogP contribution >= 0.6 is 0 Å². The van der Waals surface area contributed by atoms with Crippen molar-refractivity contribution in [1.29, 1.82) is 0 Å². The lowest BCUT2D eigenvalue weighted by atomic mass is 9.86. The maximum Gasteiger partial charge on any atom is 0.303 e. The first-order valence-electron chi connectivity index (χ1n) is 25.6. The van der Waals surface area contributed by atoms with Gasteiger partial charge in [0.2, 0.25) is 0 Å². The third-order valence-electron chi connectivity index (χ3n) is 13.8. The summed E-state index contributed by atoms with van der Waals surface area (Å²) in [5.41, 5.74) is 11.8. The molecule has 22 heteroatoms. The lowest BCUT2D eigenvalue weighted by Crippen LogP contribution is -2.43. The van der Waals surface area contributed by atoms with Crippen molar-refractivity contribution in [3.8, 4) is 0 Å². The predicted octanol–water partition coefficient (Wildman–Crippen LogP) is 0.731. The summed E-state index contributed by atoms with van der Waals surface area (Å²) in [5.74, 6) is -1.08. The van der Waals surface area contributed by atoms with Crippen LogP contribution in [-0.2, 0) is 33.2 Å². The highest BCUT2D eigenvalue weighted by Gasteiger charge is 2.41. The van der Waals surface area contributed by atoms with Gasteiger partial charge in [-0.2, -0.15) is 0 Å². The Morgan fingerprint density at radius 1 is 0.693 bits per heavy atom. The van der Waals surface area contributed by atoms with Gasteiger partial charge in [-0.1, -0.05) is 13.8 Å². The maximum absolute atomic E-state index is 12.0. The van der Waals surface area contributed by atoms with Gasteiger partial charge in [0.1, 0.15) is 42.4 Å². The molecule has 0 amide bonds. The van der Waals surface area contributed by atoms with Gasteiger partial charge < -0.3 is 90.1 Å². The minimum absolute atomic E-state index is 0.0306. The van der Waals surface area contributed by atoms with Gasteiger partial charge in [0.15, 0.2) is 0 Å². The van der Waals surface area contributed by atoms with Gasteiger partial charge in [-0.15, -0.1) is 0 Å². The zero-order valence-corrected chi connectivity index (χ0v) is 43.5. The number of ether oxygens (including phenoxy) is 6. The molecule has 1 saturated heterocycles. The predicted molar refractivity (Wildman–Crippen MR) is 276 cm³/mol. The van der Waals surface area contributed by atoms with Crippen molar-refractivity contribution < 1.29 is 84.3 Å². The number of carboxylic acids is 1. The summed E-state index contributed by atoms with van der Waals surface area (Å²) >= 11 is 0. The number of nitrogens with zero attached hydrogens (tertiary/aromatic N) is 3. The van der Waals surface area contributed by atoms with Gasteiger partial charge in [0.25, 0.3) is 0 Å². The van der Waals surface area contributed by atoms with Crippen LogP contribution < -0.4 is 10.6 Å². The average Bonchev–Trinajstić information content (AvgIpc) is 4.15. The summed E-state index contributed by atoms with van der Waals surface area (Å²) in [5, 5.41) is 106. The topological polar surface area (TPSA) is 336 Å². The van der Waals surface area contributed by atoms with Crippen molar-refractivity contribution in [2.45, 2.75) is 103 Å². The zero-order chi connectivity index (χ0) is 54.3. The molecule has 6 aliphatic rings. The van der Waals surface area contributed by atoms with E-state index < -0.39 is 75.1 Å². The quantitative estimate of drug-likeness (QED) is 0.0431. The highest BCUT2D eigenvalue weighted by molar-refractivity contribution is 6.21. The summed E-state index contributed by atoms with van der Waals surface area (Å²) in [7, 11) is 0. The van der Waals surface area contributed by atoms with Gasteiger partial charge in [-0.3, -0.25) is 4.79 Å². The Morgan fingerprint density at radius 2 is 1.19 bits per heavy atom. The fraction of sp³-hybridized carbons (Fsp3) is 0.623. The molecule has 5 heterocycles. The van der Waals surface area contributed by atoms with Crippen LogP contribution in [0.25, 0.3) is 0 Å². The minimum Gasteiger partial charge on any atom is -0.511 e. The molecular formula is C53H77N5O17. The molecule has 0 spiro atoms. The van der Waals surface area contributed by atoms with E-state index in [1.807, 2.05) is 39.0 Å². The van der Waals surface area contributed by atoms with Crippen molar-refractivity contribution in [2.24, 2.45) is 26.8 Å². The van der Waals surface area contributed by atoms with E-state index in [2.05, 4.69) is 24.5 Å². The number of carbonyl (C=O) groups is 1. The Morgan fingerprint density at radius 3 is 1.68 bits per heavy atom. The number of carboxylic acid groups (broad SMARTS) is 1. The Hall–Kier alpha value is -4.60. The van der Waals surface area contributed by atoms with E-state index >= 15 is 0 Å². The lowest BCUT2D eigenvalue weighted by Gasteiger charge is -2.26. The number of aliphatic hydroxyl groups is 9. The summed E-state index contributed by atoms with van der Waals surface area (Å²) < 4.78 is 35.3. The normalized spacial score (nSPS) is 22.3. The van der Waals surface area contributed by atoms with Crippen molar-refractivity contribution in [3.63, 3.8) is 0 Å². The first-order valence-corrected chi connectivity index (χ1v) is 25.6. The second kappa shape index (κ2) is 28.7. The van der Waals surface area contributed by atoms with Gasteiger partial charge in [-0.05, 0) is 79.7 Å². The average molecular weight is 1060 g/mol. The van der Waals surface area contributed by atoms with Crippen molar-refractivity contribution in [1.82, 2.24) is 10.6 Å². The second-order valence-electron chi connectivity index (χ2n) is 19.5. The van der Waals surface area contributed by atoms with Crippen LogP contribution in [-0.4, -0.2) is 216 Å². The molecule has 1 fully saturated rings. The number of fused-ring (bicyclic) bond motifs is 5. The molecule has 5 aliphatic heterocycles. The first kappa shape index (κ1) is 59.6. The fourth-order valence-electron chi connectivity index (χ4n) is 9.42. The number of hydrogen-bond acceptors (Lipinski definition) is 21. The monoisotopic (exact) mass is 1060 g/mol. The van der Waals surface area contributed by atoms with Gasteiger partial charge in [0.05, 0.1) is 133 Å². The summed E-state index contributed by atoms with van der Waals surface area (Å²) in [4.78, 5) is 27.5. The van der Waals surface area contributed by atoms with Crippen LogP contribution in [0.2, 0.25) is 0 Å². The number of hydrogen-bond donors (Lipinski definition) is 12. The van der Waals surface area contributed by atoms with E-state index in [1.54, 1.807) is 0 Å². The molecule has 5 unspecified atom stereocenters. The molecule has 22 nitrogen and oxygen atoms in total. The molecule has 0 radical (unpaired) electrons. The van der Waals surface area contributed by atoms with Crippen LogP contribution in [0, 0.1) is 11.8 Å². The van der Waals surface area contributed by atoms with Gasteiger partial charge in [-0.25, -0.2) is 15.0 Å². The number of nitrogens with one attached hydrogen (secondary N) is 2. The number of aliphatic imine (C=N–C) groups is 3. The molecule has 0 aromatic rings. The zero-order valence-electron chi connectivity index (χ0n) is 43.5. The van der Waals surface area contributed by atoms with E-state index in [4.69, 9.17) is 43.4 Å². The molecule has 75 heavy (non-hydrogen) atoms. The standard InChI is InChI=1S/C53H77N5O17/c1-6-39-28(2)44-11-48-42(30(4)43(56-48)10-45-29(3)40(7-8-50(68)69)52(57-45)41-9-49(67)51-31(5)46(58-53(41)51)12-47(39)55-44)13-54-32(18-74-37(24-70-20-33(63)14-59)25-71-21-34(64)15-60)19-75-38(26-72-22-35(65)16-61)27-73-23-36(66)17-62/h10-12,29,32-38,40,54,57,59-67H,6-9,13-27H2,1-5H3,(H,68,69)/t29-,32?,33?,34?,35?,36?,37?,38?,40?/m0/s1. The Bertz CT molecular complexity index is 2330. The lowest BCUT2D eigenvalue weighted by molar-refractivity contribution is -0.137. The highest BCUT2D eigenvalue weighted by Crippen LogP contribution is 2.46. The van der Waals surface area contributed by atoms with E-state index in [0.717, 1.165) is 50.5 Å². The molecule has 0 saturated carbocycles. The molecule has 1 aliphatic carbocycles. The summed E-state index contributed by atoms with van der Waals surface area (Å²) in [6, 6.07) is -0.611. The van der Waals surface area contributed by atoms with Gasteiger partial charge in [0, 0.05) is 53.8 Å². The van der Waals surface area contributed by atoms with Crippen LogP contribution in [0.1, 0.15) is 60.3 Å². The van der Waals surface area contributed by atoms with Crippen LogP contribution in [0.3, 0.4) is 0 Å². The molecule has 0 aromatic carbocycles. The molecule has 416 valence electrons. The molecule has 12 N–H and O–H groups in total. The van der Waals surface area contributed by atoms with Crippen LogP contribution in [0.5, 0.6) is 0 Å². The smallest absolute Gasteiger partial charge is 0.303 e. The maximum atomic E-state index is 12.0. The van der Waals surface area contributed by atoms with E-state index in [-0.39, 0.29) is 103 Å². The number of allylic oxidation sites excluding steroid dienone is 11. The molecular weight excluding hydrogens is 979 g/mol. The van der Waals surface area contributed by atoms with Crippen molar-refractivity contribution in [3.05, 3.63) is 91.5 Å².